The molecule has 0 saturated heterocycles. The van der Waals surface area contributed by atoms with E-state index in [0.29, 0.717) is 0 Å². The Labute approximate surface area is 512 Å². The Kier molecular flexibility index (Phi) is 10.5. The molecule has 1 spiro atoms. The lowest BCUT2D eigenvalue weighted by Crippen LogP contribution is -2.58. The van der Waals surface area contributed by atoms with Gasteiger partial charge < -0.3 is 13.9 Å². The monoisotopic (exact) mass is 1120 g/mol. The van der Waals surface area contributed by atoms with Crippen LogP contribution in [0.15, 0.2) is 212 Å². The van der Waals surface area contributed by atoms with Crippen LogP contribution in [0.4, 0.5) is 0 Å². The molecular formula is C83H71BN2O. The SMILES string of the molecule is CC(C)(C)c1cccc(C(C)(C)C)c1-c1cc2c3c(c1)-n1c4ccccc4c4c1c(cc1c5ccccc5n(-c5c(C(C)(C)C)cc(-c6ccccc6)cc5C(C)(C)C)c14)B3c1cc3c(cc1O2)C1(c2ccccc2-c2ccccc21)c1ccccc1-3. The molecule has 0 bridgehead atoms. The van der Waals surface area contributed by atoms with Crippen LogP contribution in [-0.2, 0) is 27.1 Å². The van der Waals surface area contributed by atoms with Gasteiger partial charge in [0.2, 0.25) is 0 Å². The van der Waals surface area contributed by atoms with E-state index in [2.05, 4.69) is 305 Å². The highest BCUT2D eigenvalue weighted by atomic mass is 16.5. The molecule has 4 heterocycles. The molecule has 0 fully saturated rings. The number of hydrogen-bond acceptors (Lipinski definition) is 1. The maximum absolute atomic E-state index is 7.87. The van der Waals surface area contributed by atoms with Gasteiger partial charge in [-0.3, -0.25) is 0 Å². The number of benzene rings is 11. The van der Waals surface area contributed by atoms with Gasteiger partial charge in [-0.15, -0.1) is 0 Å². The van der Waals surface area contributed by atoms with Crippen LogP contribution in [0, 0.1) is 0 Å². The Morgan fingerprint density at radius 3 is 1.46 bits per heavy atom. The average molecular weight is 1120 g/mol. The summed E-state index contributed by atoms with van der Waals surface area (Å²) in [6.07, 6.45) is 0. The molecule has 3 nitrogen and oxygen atoms in total. The fourth-order valence-electron chi connectivity index (χ4n) is 16.6. The molecule has 0 amide bonds. The van der Waals surface area contributed by atoms with Crippen molar-refractivity contribution in [3.63, 3.8) is 0 Å². The molecular weight excluding hydrogens is 1050 g/mol. The second-order valence-electron chi connectivity index (χ2n) is 29.6. The second kappa shape index (κ2) is 17.5. The van der Waals surface area contributed by atoms with Crippen molar-refractivity contribution in [3.8, 4) is 67.4 Å². The van der Waals surface area contributed by atoms with Gasteiger partial charge >= 0.3 is 0 Å². The first-order valence-electron chi connectivity index (χ1n) is 31.4. The molecule has 2 aromatic heterocycles. The smallest absolute Gasteiger partial charge is 0.256 e. The first-order chi connectivity index (χ1) is 41.7. The Morgan fingerprint density at radius 2 is 0.874 bits per heavy atom. The van der Waals surface area contributed by atoms with Crippen LogP contribution < -0.4 is 21.1 Å². The van der Waals surface area contributed by atoms with E-state index < -0.39 is 5.41 Å². The summed E-state index contributed by atoms with van der Waals surface area (Å²) in [6.45, 7) is 28.4. The molecule has 2 aliphatic heterocycles. The minimum atomic E-state index is -0.526. The Balaban J connectivity index is 1.05. The number of aromatic nitrogens is 2. The quantitative estimate of drug-likeness (QED) is 0.161. The normalized spacial score (nSPS) is 14.4. The van der Waals surface area contributed by atoms with E-state index in [9.17, 15) is 0 Å². The van der Waals surface area contributed by atoms with Gasteiger partial charge in [0.25, 0.3) is 6.71 Å². The van der Waals surface area contributed by atoms with E-state index >= 15 is 0 Å². The number of nitrogens with zero attached hydrogens (tertiary/aromatic N) is 2. The number of fused-ring (bicyclic) bond motifs is 21. The number of rotatable bonds is 3. The molecule has 87 heavy (non-hydrogen) atoms. The minimum Gasteiger partial charge on any atom is -0.458 e. The zero-order valence-corrected chi connectivity index (χ0v) is 52.1. The van der Waals surface area contributed by atoms with Crippen molar-refractivity contribution in [3.05, 3.63) is 257 Å². The lowest BCUT2D eigenvalue weighted by atomic mass is 9.34. The van der Waals surface area contributed by atoms with Gasteiger partial charge in [-0.1, -0.05) is 253 Å². The van der Waals surface area contributed by atoms with Crippen molar-refractivity contribution in [2.24, 2.45) is 0 Å². The van der Waals surface area contributed by atoms with Crippen molar-refractivity contribution in [2.45, 2.75) is 110 Å². The molecule has 0 radical (unpaired) electrons. The van der Waals surface area contributed by atoms with Gasteiger partial charge in [-0.2, -0.15) is 0 Å². The van der Waals surface area contributed by atoms with Gasteiger partial charge in [0.15, 0.2) is 0 Å². The van der Waals surface area contributed by atoms with Crippen LogP contribution in [-0.4, -0.2) is 15.8 Å². The van der Waals surface area contributed by atoms with Gasteiger partial charge in [0.05, 0.1) is 33.2 Å². The fraction of sp³-hybridized carbons (Fsp3) is 0.205. The Morgan fingerprint density at radius 1 is 0.356 bits per heavy atom. The molecule has 0 N–H and O–H groups in total. The molecule has 0 saturated carbocycles. The largest absolute Gasteiger partial charge is 0.458 e. The van der Waals surface area contributed by atoms with Crippen molar-refractivity contribution in [2.75, 3.05) is 0 Å². The number of hydrogen-bond donors (Lipinski definition) is 0. The first-order valence-corrected chi connectivity index (χ1v) is 31.4. The number of para-hydroxylation sites is 2. The van der Waals surface area contributed by atoms with Gasteiger partial charge in [0.1, 0.15) is 11.5 Å². The van der Waals surface area contributed by atoms with E-state index in [-0.39, 0.29) is 28.4 Å². The minimum absolute atomic E-state index is 0.145. The lowest BCUT2D eigenvalue weighted by Gasteiger charge is -2.36. The molecule has 2 aliphatic carbocycles. The van der Waals surface area contributed by atoms with Crippen LogP contribution in [0.3, 0.4) is 0 Å². The summed E-state index contributed by atoms with van der Waals surface area (Å²) in [5.74, 6) is 1.84. The fourth-order valence-corrected chi connectivity index (χ4v) is 16.6. The molecule has 0 unspecified atom stereocenters. The van der Waals surface area contributed by atoms with Gasteiger partial charge in [0, 0.05) is 27.2 Å². The lowest BCUT2D eigenvalue weighted by molar-refractivity contribution is 0.486. The van der Waals surface area contributed by atoms with Crippen LogP contribution in [0.1, 0.15) is 128 Å². The highest BCUT2D eigenvalue weighted by molar-refractivity contribution is 6.99. The Hall–Kier alpha value is -9.12. The van der Waals surface area contributed by atoms with E-state index in [0.717, 1.165) is 11.5 Å². The van der Waals surface area contributed by atoms with Crippen LogP contribution in [0.2, 0.25) is 0 Å². The first kappa shape index (κ1) is 52.2. The summed E-state index contributed by atoms with van der Waals surface area (Å²) in [5.41, 5.74) is 30.5. The highest BCUT2D eigenvalue weighted by Crippen LogP contribution is 2.63. The highest BCUT2D eigenvalue weighted by Gasteiger charge is 2.53. The number of ether oxygens (including phenoxy) is 1. The molecule has 13 aromatic rings. The van der Waals surface area contributed by atoms with E-state index in [1.54, 1.807) is 0 Å². The summed E-state index contributed by atoms with van der Waals surface area (Å²) < 4.78 is 13.2. The Bertz CT molecular complexity index is 5060. The maximum Gasteiger partial charge on any atom is 0.256 e. The van der Waals surface area contributed by atoms with Crippen LogP contribution in [0.25, 0.3) is 99.5 Å². The third-order valence-corrected chi connectivity index (χ3v) is 20.2. The molecule has 17 rings (SSSR count). The zero-order chi connectivity index (χ0) is 59.6. The standard InChI is InChI=1S/C83H71BN2O/c1-79(2,3)61-37-26-38-62(80(4,5)6)73(61)50-43-70-75-72(44-50)87-71-47-63-56(53-31-18-23-36-60(53)83(63)58-34-21-16-29-51(58)52-30-17-22-35-59(52)83)45-66(71)84(75)67-46-57-54-32-19-24-39-68(54)86(76(57)74-55-33-20-25-40-69(55)85(70)78(67)74)77-64(81(7,8)9)41-49(42-65(77)82(10,11)12)48-27-14-13-15-28-48/h13-47H,1-12H3. The summed E-state index contributed by atoms with van der Waals surface area (Å²) in [6, 6.07) is 81.7. The molecule has 4 aliphatic rings. The summed E-state index contributed by atoms with van der Waals surface area (Å²) >= 11 is 0. The third kappa shape index (κ3) is 7.02. The van der Waals surface area contributed by atoms with E-state index in [1.165, 1.54) is 160 Å². The van der Waals surface area contributed by atoms with Crippen LogP contribution >= 0.6 is 0 Å². The van der Waals surface area contributed by atoms with E-state index in [4.69, 9.17) is 4.74 Å². The summed E-state index contributed by atoms with van der Waals surface area (Å²) in [7, 11) is 0. The summed E-state index contributed by atoms with van der Waals surface area (Å²) in [5, 5.41) is 5.03. The average Bonchev–Trinajstić information content (AvgIpc) is 1.55. The second-order valence-corrected chi connectivity index (χ2v) is 29.6. The molecule has 0 atom stereocenters. The molecule has 422 valence electrons. The topological polar surface area (TPSA) is 19.1 Å². The summed E-state index contributed by atoms with van der Waals surface area (Å²) in [4.78, 5) is 0. The molecule has 11 aromatic carbocycles. The van der Waals surface area contributed by atoms with Gasteiger partial charge in [-0.25, -0.2) is 0 Å². The van der Waals surface area contributed by atoms with Crippen LogP contribution in [0.5, 0.6) is 11.5 Å². The molecule has 4 heteroatoms. The predicted octanol–water partition coefficient (Wildman–Crippen LogP) is 19.7. The van der Waals surface area contributed by atoms with E-state index in [1.807, 2.05) is 0 Å². The predicted molar refractivity (Wildman–Crippen MR) is 368 cm³/mol. The third-order valence-electron chi connectivity index (χ3n) is 20.2. The van der Waals surface area contributed by atoms with Crippen molar-refractivity contribution in [1.82, 2.24) is 9.13 Å². The van der Waals surface area contributed by atoms with Crippen molar-refractivity contribution in [1.29, 1.82) is 0 Å². The zero-order valence-electron chi connectivity index (χ0n) is 52.1. The van der Waals surface area contributed by atoms with Crippen molar-refractivity contribution >= 4 is 66.7 Å². The maximum atomic E-state index is 7.87. The van der Waals surface area contributed by atoms with Crippen molar-refractivity contribution < 1.29 is 4.74 Å². The van der Waals surface area contributed by atoms with Gasteiger partial charge in [-0.05, 0) is 170 Å².